The van der Waals surface area contributed by atoms with Gasteiger partial charge in [0.1, 0.15) is 6.61 Å². The Morgan fingerprint density at radius 3 is 2.86 bits per heavy atom. The molecule has 4 heteroatoms. The number of aromatic nitrogens is 1. The van der Waals surface area contributed by atoms with E-state index in [4.69, 9.17) is 10.5 Å². The van der Waals surface area contributed by atoms with Crippen molar-refractivity contribution in [2.24, 2.45) is 0 Å². The summed E-state index contributed by atoms with van der Waals surface area (Å²) in [6, 6.07) is 5.40. The summed E-state index contributed by atoms with van der Waals surface area (Å²) in [5.41, 5.74) is 9.31. The fourth-order valence-electron chi connectivity index (χ4n) is 2.15. The first-order valence-electron chi connectivity index (χ1n) is 6.55. The molecule has 2 aromatic rings. The zero-order valence-electron chi connectivity index (χ0n) is 12.0. The van der Waals surface area contributed by atoms with Crippen LogP contribution in [0.5, 0.6) is 0 Å². The van der Waals surface area contributed by atoms with Gasteiger partial charge in [0.15, 0.2) is 0 Å². The minimum absolute atomic E-state index is 0.156. The standard InChI is InChI=1S/C17H18N2O2/c1-4-6-12(5-2)10-21-17(20)16-11(3)19-15-8-7-13(18)9-14(15)16/h4-9,19H,1-2,10,18H2,3H3/b12-6+. The van der Waals surface area contributed by atoms with Gasteiger partial charge in [-0.3, -0.25) is 0 Å². The fraction of sp³-hybridized carbons (Fsp3) is 0.118. The lowest BCUT2D eigenvalue weighted by Gasteiger charge is -2.05. The summed E-state index contributed by atoms with van der Waals surface area (Å²) >= 11 is 0. The molecule has 0 radical (unpaired) electrons. The second kappa shape index (κ2) is 6.13. The Hall–Kier alpha value is -2.75. The average molecular weight is 282 g/mol. The molecule has 0 spiro atoms. The zero-order valence-corrected chi connectivity index (χ0v) is 12.0. The van der Waals surface area contributed by atoms with Crippen molar-refractivity contribution >= 4 is 22.6 Å². The van der Waals surface area contributed by atoms with E-state index in [1.54, 1.807) is 30.4 Å². The normalized spacial score (nSPS) is 11.4. The zero-order chi connectivity index (χ0) is 15.4. The van der Waals surface area contributed by atoms with E-state index in [1.165, 1.54) is 0 Å². The Labute approximate surface area is 123 Å². The molecule has 0 fully saturated rings. The number of rotatable bonds is 5. The lowest BCUT2D eigenvalue weighted by atomic mass is 10.1. The van der Waals surface area contributed by atoms with E-state index in [2.05, 4.69) is 18.1 Å². The maximum absolute atomic E-state index is 12.3. The maximum Gasteiger partial charge on any atom is 0.340 e. The number of carbonyl (C=O) groups excluding carboxylic acids is 1. The number of H-pyrrole nitrogens is 1. The van der Waals surface area contributed by atoms with Gasteiger partial charge in [0.2, 0.25) is 0 Å². The third kappa shape index (κ3) is 3.05. The van der Waals surface area contributed by atoms with Crippen LogP contribution in [0.1, 0.15) is 16.1 Å². The van der Waals surface area contributed by atoms with Gasteiger partial charge in [-0.25, -0.2) is 4.79 Å². The number of nitrogen functional groups attached to an aromatic ring is 1. The van der Waals surface area contributed by atoms with E-state index in [9.17, 15) is 4.79 Å². The molecule has 2 rings (SSSR count). The van der Waals surface area contributed by atoms with Crippen molar-refractivity contribution in [3.8, 4) is 0 Å². The minimum atomic E-state index is -0.388. The third-order valence-electron chi connectivity index (χ3n) is 3.18. The van der Waals surface area contributed by atoms with Crippen LogP contribution in [0.15, 0.2) is 55.2 Å². The van der Waals surface area contributed by atoms with Crippen LogP contribution in [0, 0.1) is 6.92 Å². The number of allylic oxidation sites excluding steroid dienone is 2. The molecule has 0 aliphatic carbocycles. The van der Waals surface area contributed by atoms with Gasteiger partial charge >= 0.3 is 5.97 Å². The van der Waals surface area contributed by atoms with Gasteiger partial charge in [-0.2, -0.15) is 0 Å². The Morgan fingerprint density at radius 1 is 1.43 bits per heavy atom. The SMILES string of the molecule is C=C/C=C(\C=C)COC(=O)c1c(C)[nH]c2ccc(N)cc12. The highest BCUT2D eigenvalue weighted by molar-refractivity contribution is 6.06. The van der Waals surface area contributed by atoms with Crippen LogP contribution in [-0.2, 0) is 4.74 Å². The smallest absolute Gasteiger partial charge is 0.340 e. The van der Waals surface area contributed by atoms with Gasteiger partial charge in [0.05, 0.1) is 5.56 Å². The minimum Gasteiger partial charge on any atom is -0.457 e. The third-order valence-corrected chi connectivity index (χ3v) is 3.18. The second-order valence-electron chi connectivity index (χ2n) is 4.69. The number of aromatic amines is 1. The summed E-state index contributed by atoms with van der Waals surface area (Å²) in [4.78, 5) is 15.5. The molecule has 0 aliphatic heterocycles. The van der Waals surface area contributed by atoms with Crippen molar-refractivity contribution in [3.63, 3.8) is 0 Å². The number of benzene rings is 1. The molecule has 0 aliphatic rings. The average Bonchev–Trinajstić information content (AvgIpc) is 2.78. The van der Waals surface area contributed by atoms with E-state index in [0.29, 0.717) is 11.3 Å². The monoisotopic (exact) mass is 282 g/mol. The first-order chi connectivity index (χ1) is 10.1. The number of nitrogens with one attached hydrogen (secondary N) is 1. The number of carbonyl (C=O) groups is 1. The molecule has 0 atom stereocenters. The Kier molecular flexibility index (Phi) is 4.28. The first kappa shape index (κ1) is 14.7. The summed E-state index contributed by atoms with van der Waals surface area (Å²) in [5.74, 6) is -0.388. The van der Waals surface area contributed by atoms with Gasteiger partial charge in [0, 0.05) is 22.3 Å². The van der Waals surface area contributed by atoms with Crippen LogP contribution in [0.3, 0.4) is 0 Å². The summed E-state index contributed by atoms with van der Waals surface area (Å²) in [5, 5.41) is 0.769. The van der Waals surface area contributed by atoms with Crippen molar-refractivity contribution in [2.45, 2.75) is 6.92 Å². The van der Waals surface area contributed by atoms with Crippen LogP contribution in [0.25, 0.3) is 10.9 Å². The van der Waals surface area contributed by atoms with E-state index in [0.717, 1.165) is 22.2 Å². The highest BCUT2D eigenvalue weighted by Crippen LogP contribution is 2.25. The Morgan fingerprint density at radius 2 is 2.19 bits per heavy atom. The van der Waals surface area contributed by atoms with Gasteiger partial charge in [-0.1, -0.05) is 31.4 Å². The predicted octanol–water partition coefficient (Wildman–Crippen LogP) is 3.51. The van der Waals surface area contributed by atoms with E-state index in [1.807, 2.05) is 13.0 Å². The lowest BCUT2D eigenvalue weighted by Crippen LogP contribution is -2.08. The quantitative estimate of drug-likeness (QED) is 0.501. The summed E-state index contributed by atoms with van der Waals surface area (Å²) in [6.45, 7) is 9.27. The van der Waals surface area contributed by atoms with Crippen LogP contribution >= 0.6 is 0 Å². The number of ether oxygens (including phenoxy) is 1. The summed E-state index contributed by atoms with van der Waals surface area (Å²) in [7, 11) is 0. The molecule has 21 heavy (non-hydrogen) atoms. The molecule has 1 aromatic carbocycles. The molecule has 4 nitrogen and oxygen atoms in total. The van der Waals surface area contributed by atoms with Crippen molar-refractivity contribution in [2.75, 3.05) is 12.3 Å². The van der Waals surface area contributed by atoms with Crippen molar-refractivity contribution < 1.29 is 9.53 Å². The predicted molar refractivity (Wildman–Crippen MR) is 86.2 cm³/mol. The van der Waals surface area contributed by atoms with Crippen LogP contribution in [0.4, 0.5) is 5.69 Å². The molecule has 1 aromatic heterocycles. The van der Waals surface area contributed by atoms with Gasteiger partial charge in [0.25, 0.3) is 0 Å². The Bertz CT molecular complexity index is 739. The van der Waals surface area contributed by atoms with Gasteiger partial charge in [-0.15, -0.1) is 0 Å². The van der Waals surface area contributed by atoms with Crippen molar-refractivity contribution in [1.29, 1.82) is 0 Å². The summed E-state index contributed by atoms with van der Waals surface area (Å²) in [6.07, 6.45) is 5.01. The lowest BCUT2D eigenvalue weighted by molar-refractivity contribution is 0.0544. The number of fused-ring (bicyclic) bond motifs is 1. The molecule has 0 amide bonds. The summed E-state index contributed by atoms with van der Waals surface area (Å²) < 4.78 is 5.33. The number of hydrogen-bond acceptors (Lipinski definition) is 3. The number of esters is 1. The molecule has 0 saturated heterocycles. The fourth-order valence-corrected chi connectivity index (χ4v) is 2.15. The maximum atomic E-state index is 12.3. The first-order valence-corrected chi connectivity index (χ1v) is 6.55. The number of nitrogens with two attached hydrogens (primary N) is 1. The molecule has 0 bridgehead atoms. The second-order valence-corrected chi connectivity index (χ2v) is 4.69. The number of anilines is 1. The van der Waals surface area contributed by atoms with E-state index in [-0.39, 0.29) is 12.6 Å². The highest BCUT2D eigenvalue weighted by Gasteiger charge is 2.17. The van der Waals surface area contributed by atoms with Crippen LogP contribution in [-0.4, -0.2) is 17.6 Å². The van der Waals surface area contributed by atoms with Gasteiger partial charge < -0.3 is 15.5 Å². The molecule has 0 saturated carbocycles. The van der Waals surface area contributed by atoms with Crippen LogP contribution in [0.2, 0.25) is 0 Å². The van der Waals surface area contributed by atoms with E-state index >= 15 is 0 Å². The number of aryl methyl sites for hydroxylation is 1. The highest BCUT2D eigenvalue weighted by atomic mass is 16.5. The van der Waals surface area contributed by atoms with Crippen molar-refractivity contribution in [1.82, 2.24) is 4.98 Å². The molecular formula is C17H18N2O2. The van der Waals surface area contributed by atoms with E-state index < -0.39 is 0 Å². The van der Waals surface area contributed by atoms with Gasteiger partial charge in [-0.05, 0) is 30.7 Å². The largest absolute Gasteiger partial charge is 0.457 e. The molecule has 1 heterocycles. The van der Waals surface area contributed by atoms with Crippen molar-refractivity contribution in [3.05, 3.63) is 66.4 Å². The topological polar surface area (TPSA) is 68.1 Å². The molecule has 0 unspecified atom stereocenters. The molecule has 3 N–H and O–H groups in total. The van der Waals surface area contributed by atoms with Crippen LogP contribution < -0.4 is 5.73 Å². The Balaban J connectivity index is 2.29. The molecular weight excluding hydrogens is 264 g/mol. The number of hydrogen-bond donors (Lipinski definition) is 2. The molecule has 108 valence electrons.